The van der Waals surface area contributed by atoms with Gasteiger partial charge in [-0.15, -0.1) is 0 Å². The largest absolute Gasteiger partial charge is 0.496 e. The molecule has 0 radical (unpaired) electrons. The van der Waals surface area contributed by atoms with Gasteiger partial charge in [-0.05, 0) is 59.7 Å². The van der Waals surface area contributed by atoms with Gasteiger partial charge in [0, 0.05) is 20.9 Å². The lowest BCUT2D eigenvalue weighted by molar-refractivity contribution is -0.121. The smallest absolute Gasteiger partial charge is 0.343 e. The van der Waals surface area contributed by atoms with E-state index in [9.17, 15) is 14.4 Å². The van der Waals surface area contributed by atoms with Crippen LogP contribution in [-0.4, -0.2) is 25.0 Å². The predicted octanol–water partition coefficient (Wildman–Crippen LogP) is 7.39. The van der Waals surface area contributed by atoms with E-state index in [4.69, 9.17) is 4.74 Å². The fourth-order valence-electron chi connectivity index (χ4n) is 4.41. The molecular weight excluding hydrogens is 624 g/mol. The molecule has 1 heterocycles. The van der Waals surface area contributed by atoms with Crippen LogP contribution in [0.4, 0.5) is 16.2 Å². The first kappa shape index (κ1) is 26.6. The third-order valence-corrected chi connectivity index (χ3v) is 7.79. The minimum atomic E-state index is -0.734. The van der Waals surface area contributed by atoms with Crippen molar-refractivity contribution in [2.45, 2.75) is 6.42 Å². The molecule has 0 atom stereocenters. The van der Waals surface area contributed by atoms with E-state index in [-0.39, 0.29) is 5.57 Å². The lowest BCUT2D eigenvalue weighted by Gasteiger charge is -2.34. The van der Waals surface area contributed by atoms with E-state index in [1.165, 1.54) is 6.08 Å². The Labute approximate surface area is 242 Å². The Balaban J connectivity index is 1.60. The number of urea groups is 1. The number of anilines is 2. The monoisotopic (exact) mass is 644 g/mol. The van der Waals surface area contributed by atoms with Crippen LogP contribution in [0, 0.1) is 0 Å². The van der Waals surface area contributed by atoms with Crippen molar-refractivity contribution in [1.82, 2.24) is 0 Å². The summed E-state index contributed by atoms with van der Waals surface area (Å²) in [7, 11) is 1.58. The van der Waals surface area contributed by atoms with Crippen LogP contribution in [0.1, 0.15) is 16.7 Å². The molecule has 4 amide bonds. The third kappa shape index (κ3) is 5.30. The first-order valence-corrected chi connectivity index (χ1v) is 13.6. The van der Waals surface area contributed by atoms with Gasteiger partial charge in [-0.3, -0.25) is 9.59 Å². The first-order valence-electron chi connectivity index (χ1n) is 12.0. The number of rotatable bonds is 6. The van der Waals surface area contributed by atoms with Crippen LogP contribution in [0.5, 0.6) is 5.75 Å². The third-order valence-electron chi connectivity index (χ3n) is 6.31. The average molecular weight is 646 g/mol. The van der Waals surface area contributed by atoms with E-state index >= 15 is 0 Å². The summed E-state index contributed by atoms with van der Waals surface area (Å²) in [6.07, 6.45) is 2.09. The van der Waals surface area contributed by atoms with Crippen molar-refractivity contribution >= 4 is 67.2 Å². The van der Waals surface area contributed by atoms with Crippen LogP contribution in [0.3, 0.4) is 0 Å². The molecule has 8 heteroatoms. The zero-order valence-electron chi connectivity index (χ0n) is 20.8. The van der Waals surface area contributed by atoms with Crippen molar-refractivity contribution in [1.29, 1.82) is 0 Å². The lowest BCUT2D eigenvalue weighted by Crippen LogP contribution is -2.57. The molecule has 0 spiro atoms. The molecule has 194 valence electrons. The molecule has 1 fully saturated rings. The summed E-state index contributed by atoms with van der Waals surface area (Å²) >= 11 is 7.25. The van der Waals surface area contributed by atoms with Crippen LogP contribution < -0.4 is 14.5 Å². The fourth-order valence-corrected chi connectivity index (χ4v) is 5.43. The normalized spacial score (nSPS) is 13.6. The highest BCUT2D eigenvalue weighted by atomic mass is 79.9. The number of para-hydroxylation sites is 2. The molecule has 0 bridgehead atoms. The summed E-state index contributed by atoms with van der Waals surface area (Å²) in [5.74, 6) is -0.801. The number of methoxy groups -OCH3 is 1. The number of halogens is 2. The lowest BCUT2D eigenvalue weighted by atomic mass is 10.00. The van der Waals surface area contributed by atoms with Crippen molar-refractivity contribution in [3.8, 4) is 5.75 Å². The summed E-state index contributed by atoms with van der Waals surface area (Å²) in [5, 5.41) is 0. The quantitative estimate of drug-likeness (QED) is 0.162. The molecule has 0 unspecified atom stereocenters. The zero-order valence-corrected chi connectivity index (χ0v) is 24.0. The standard InChI is InChI=1S/C31H22Br2N2O4/c1-39-28-18-20(17-27(33)24(28)19-21-10-8-9-15-26(21)32)16-25-29(36)34(22-11-4-2-5-12-22)31(38)35(30(25)37)23-13-6-3-7-14-23/h2-18H,19H2,1H3. The van der Waals surface area contributed by atoms with E-state index in [0.29, 0.717) is 29.1 Å². The summed E-state index contributed by atoms with van der Waals surface area (Å²) in [6.45, 7) is 0. The topological polar surface area (TPSA) is 66.9 Å². The van der Waals surface area contributed by atoms with Gasteiger partial charge in [0.05, 0.1) is 18.5 Å². The second-order valence-corrected chi connectivity index (χ2v) is 10.5. The summed E-state index contributed by atoms with van der Waals surface area (Å²) < 4.78 is 7.44. The molecule has 1 saturated heterocycles. The van der Waals surface area contributed by atoms with Crippen LogP contribution in [0.25, 0.3) is 6.08 Å². The molecule has 0 N–H and O–H groups in total. The minimum absolute atomic E-state index is 0.144. The number of nitrogens with zero attached hydrogens (tertiary/aromatic N) is 2. The van der Waals surface area contributed by atoms with Gasteiger partial charge in [0.2, 0.25) is 0 Å². The number of ether oxygens (including phenoxy) is 1. The molecular formula is C31H22Br2N2O4. The highest BCUT2D eigenvalue weighted by Gasteiger charge is 2.43. The van der Waals surface area contributed by atoms with Gasteiger partial charge in [0.1, 0.15) is 11.3 Å². The number of carbonyl (C=O) groups is 3. The molecule has 1 aliphatic heterocycles. The Bertz CT molecular complexity index is 1540. The second-order valence-electron chi connectivity index (χ2n) is 8.74. The number of benzene rings is 4. The predicted molar refractivity (Wildman–Crippen MR) is 159 cm³/mol. The minimum Gasteiger partial charge on any atom is -0.496 e. The maximum absolute atomic E-state index is 13.7. The Morgan fingerprint density at radius 2 is 1.26 bits per heavy atom. The van der Waals surface area contributed by atoms with Gasteiger partial charge in [-0.1, -0.05) is 86.5 Å². The SMILES string of the molecule is COc1cc(C=C2C(=O)N(c3ccccc3)C(=O)N(c3ccccc3)C2=O)cc(Br)c1Cc1ccccc1Br. The maximum Gasteiger partial charge on any atom is 0.343 e. The molecule has 5 rings (SSSR count). The van der Waals surface area contributed by atoms with E-state index in [0.717, 1.165) is 29.9 Å². The summed E-state index contributed by atoms with van der Waals surface area (Å²) in [4.78, 5) is 42.8. The van der Waals surface area contributed by atoms with Crippen molar-refractivity contribution in [3.05, 3.63) is 128 Å². The number of barbiturate groups is 1. The van der Waals surface area contributed by atoms with E-state index in [1.807, 2.05) is 30.3 Å². The maximum atomic E-state index is 13.7. The molecule has 39 heavy (non-hydrogen) atoms. The van der Waals surface area contributed by atoms with Gasteiger partial charge < -0.3 is 4.74 Å². The van der Waals surface area contributed by atoms with Crippen LogP contribution in [0.15, 0.2) is 112 Å². The highest BCUT2D eigenvalue weighted by Crippen LogP contribution is 2.35. The van der Waals surface area contributed by atoms with Crippen LogP contribution in [-0.2, 0) is 16.0 Å². The Morgan fingerprint density at radius 1 is 0.718 bits per heavy atom. The van der Waals surface area contributed by atoms with Gasteiger partial charge in [-0.25, -0.2) is 14.6 Å². The highest BCUT2D eigenvalue weighted by molar-refractivity contribution is 9.10. The van der Waals surface area contributed by atoms with Crippen molar-refractivity contribution < 1.29 is 19.1 Å². The molecule has 4 aromatic rings. The molecule has 6 nitrogen and oxygen atoms in total. The molecule has 0 aromatic heterocycles. The van der Waals surface area contributed by atoms with Crippen molar-refractivity contribution in [3.63, 3.8) is 0 Å². The first-order chi connectivity index (χ1) is 18.9. The zero-order chi connectivity index (χ0) is 27.5. The molecule has 0 saturated carbocycles. The number of carbonyl (C=O) groups excluding carboxylic acids is 3. The summed E-state index contributed by atoms with van der Waals surface area (Å²) in [5.41, 5.74) is 3.16. The Morgan fingerprint density at radius 3 is 1.79 bits per heavy atom. The number of amides is 4. The van der Waals surface area contributed by atoms with Crippen molar-refractivity contribution in [2.24, 2.45) is 0 Å². The van der Waals surface area contributed by atoms with E-state index < -0.39 is 17.8 Å². The van der Waals surface area contributed by atoms with Gasteiger partial charge in [0.15, 0.2) is 0 Å². The fraction of sp³-hybridized carbons (Fsp3) is 0.0645. The van der Waals surface area contributed by atoms with Crippen LogP contribution >= 0.6 is 31.9 Å². The van der Waals surface area contributed by atoms with Crippen LogP contribution in [0.2, 0.25) is 0 Å². The van der Waals surface area contributed by atoms with Gasteiger partial charge in [-0.2, -0.15) is 0 Å². The van der Waals surface area contributed by atoms with E-state index in [1.54, 1.807) is 73.8 Å². The Kier molecular flexibility index (Phi) is 7.77. The van der Waals surface area contributed by atoms with Crippen molar-refractivity contribution in [2.75, 3.05) is 16.9 Å². The molecule has 4 aromatic carbocycles. The Hall–Kier alpha value is -4.01. The second kappa shape index (κ2) is 11.4. The number of imide groups is 2. The number of hydrogen-bond donors (Lipinski definition) is 0. The van der Waals surface area contributed by atoms with E-state index in [2.05, 4.69) is 31.9 Å². The molecule has 0 aliphatic carbocycles. The average Bonchev–Trinajstić information content (AvgIpc) is 2.94. The van der Waals surface area contributed by atoms with Gasteiger partial charge in [0.25, 0.3) is 11.8 Å². The molecule has 1 aliphatic rings. The summed E-state index contributed by atoms with van der Waals surface area (Å²) in [6, 6.07) is 27.9. The van der Waals surface area contributed by atoms with Gasteiger partial charge >= 0.3 is 6.03 Å². The number of hydrogen-bond acceptors (Lipinski definition) is 4.